The van der Waals surface area contributed by atoms with E-state index in [9.17, 15) is 4.79 Å². The summed E-state index contributed by atoms with van der Waals surface area (Å²) in [6, 6.07) is 11.6. The third-order valence-corrected chi connectivity index (χ3v) is 7.01. The number of benzene rings is 1. The summed E-state index contributed by atoms with van der Waals surface area (Å²) in [6.45, 7) is 6.27. The average Bonchev–Trinajstić information content (AvgIpc) is 3.45. The summed E-state index contributed by atoms with van der Waals surface area (Å²) in [7, 11) is 2.12. The first kappa shape index (κ1) is 21.9. The van der Waals surface area contributed by atoms with E-state index in [-0.39, 0.29) is 5.91 Å². The molecule has 33 heavy (non-hydrogen) atoms. The number of anilines is 2. The van der Waals surface area contributed by atoms with Crippen LogP contribution in [-0.4, -0.2) is 58.8 Å². The standard InChI is InChI=1S/C24H25ClN6OS/c1-16-12-19(20-14-26-31(23(20)27-16)15-18-4-3-11-33-18)24(32)28-21-13-17(25)5-6-22(21)30-9-7-29(2)8-10-30/h3-6,11-14H,7-10,15H2,1-2H3,(H,28,32). The Bertz CT molecular complexity index is 1290. The molecule has 1 amide bonds. The van der Waals surface area contributed by atoms with Gasteiger partial charge in [0.15, 0.2) is 5.65 Å². The number of pyridine rings is 1. The molecule has 3 aromatic heterocycles. The lowest BCUT2D eigenvalue weighted by Gasteiger charge is -2.35. The summed E-state index contributed by atoms with van der Waals surface area (Å²) in [4.78, 5) is 23.9. The van der Waals surface area contributed by atoms with Crippen LogP contribution in [0.4, 0.5) is 11.4 Å². The molecule has 1 fully saturated rings. The van der Waals surface area contributed by atoms with Gasteiger partial charge in [-0.25, -0.2) is 9.67 Å². The van der Waals surface area contributed by atoms with E-state index in [2.05, 4.69) is 38.3 Å². The fourth-order valence-corrected chi connectivity index (χ4v) is 5.01. The number of rotatable bonds is 5. The molecule has 1 N–H and O–H groups in total. The van der Waals surface area contributed by atoms with E-state index in [0.29, 0.717) is 28.5 Å². The first-order valence-electron chi connectivity index (χ1n) is 10.9. The SMILES string of the molecule is Cc1cc(C(=O)Nc2cc(Cl)ccc2N2CCN(C)CC2)c2cnn(Cc3cccs3)c2n1. The van der Waals surface area contributed by atoms with Gasteiger partial charge in [0.2, 0.25) is 0 Å². The highest BCUT2D eigenvalue weighted by Crippen LogP contribution is 2.31. The molecule has 1 aromatic carbocycles. The van der Waals surface area contributed by atoms with Crippen LogP contribution in [0.5, 0.6) is 0 Å². The van der Waals surface area contributed by atoms with E-state index in [1.165, 1.54) is 4.88 Å². The van der Waals surface area contributed by atoms with Crippen molar-refractivity contribution in [1.82, 2.24) is 19.7 Å². The maximum Gasteiger partial charge on any atom is 0.256 e. The van der Waals surface area contributed by atoms with Crippen molar-refractivity contribution in [2.75, 3.05) is 43.4 Å². The molecule has 9 heteroatoms. The monoisotopic (exact) mass is 480 g/mol. The average molecular weight is 481 g/mol. The fraction of sp³-hybridized carbons (Fsp3) is 0.292. The van der Waals surface area contributed by atoms with Gasteiger partial charge in [-0.2, -0.15) is 5.10 Å². The Morgan fingerprint density at radius 3 is 2.76 bits per heavy atom. The number of thiophene rings is 1. The van der Waals surface area contributed by atoms with Crippen LogP contribution in [0.25, 0.3) is 11.0 Å². The van der Waals surface area contributed by atoms with Gasteiger partial charge in [-0.1, -0.05) is 17.7 Å². The van der Waals surface area contributed by atoms with Crippen molar-refractivity contribution in [3.8, 4) is 0 Å². The van der Waals surface area contributed by atoms with Crippen LogP contribution in [0, 0.1) is 6.92 Å². The summed E-state index contributed by atoms with van der Waals surface area (Å²) in [5.74, 6) is -0.196. The number of aryl methyl sites for hydroxylation is 1. The van der Waals surface area contributed by atoms with Crippen molar-refractivity contribution in [3.63, 3.8) is 0 Å². The molecule has 1 aliphatic rings. The molecule has 1 saturated heterocycles. The Labute approximate surface area is 201 Å². The van der Waals surface area contributed by atoms with E-state index in [1.54, 1.807) is 17.5 Å². The first-order valence-corrected chi connectivity index (χ1v) is 12.1. The number of hydrogen-bond donors (Lipinski definition) is 1. The lowest BCUT2D eigenvalue weighted by molar-refractivity contribution is 0.102. The zero-order valence-electron chi connectivity index (χ0n) is 18.6. The van der Waals surface area contributed by atoms with Gasteiger partial charge in [-0.05, 0) is 49.7 Å². The summed E-state index contributed by atoms with van der Waals surface area (Å²) < 4.78 is 1.85. The second-order valence-electron chi connectivity index (χ2n) is 8.34. The maximum absolute atomic E-state index is 13.5. The minimum absolute atomic E-state index is 0.196. The quantitative estimate of drug-likeness (QED) is 0.455. The molecule has 4 aromatic rings. The minimum Gasteiger partial charge on any atom is -0.367 e. The molecule has 0 saturated carbocycles. The van der Waals surface area contributed by atoms with Gasteiger partial charge in [0, 0.05) is 41.8 Å². The number of hydrogen-bond acceptors (Lipinski definition) is 6. The number of nitrogens with zero attached hydrogens (tertiary/aromatic N) is 5. The third kappa shape index (κ3) is 4.59. The van der Waals surface area contributed by atoms with Crippen molar-refractivity contribution < 1.29 is 4.79 Å². The molecule has 4 heterocycles. The van der Waals surface area contributed by atoms with Crippen LogP contribution in [0.2, 0.25) is 5.02 Å². The molecule has 0 aliphatic carbocycles. The van der Waals surface area contributed by atoms with E-state index in [4.69, 9.17) is 11.6 Å². The number of halogens is 1. The number of carbonyl (C=O) groups is 1. The van der Waals surface area contributed by atoms with Crippen molar-refractivity contribution in [1.29, 1.82) is 0 Å². The maximum atomic E-state index is 13.5. The van der Waals surface area contributed by atoms with Crippen LogP contribution >= 0.6 is 22.9 Å². The van der Waals surface area contributed by atoms with Gasteiger partial charge in [0.1, 0.15) is 0 Å². The Morgan fingerprint density at radius 1 is 1.18 bits per heavy atom. The zero-order valence-corrected chi connectivity index (χ0v) is 20.2. The number of piperazine rings is 1. The van der Waals surface area contributed by atoms with Crippen molar-refractivity contribution in [3.05, 3.63) is 69.1 Å². The molecule has 0 spiro atoms. The molecular formula is C24H25ClN6OS. The summed E-state index contributed by atoms with van der Waals surface area (Å²) in [6.07, 6.45) is 1.73. The summed E-state index contributed by atoms with van der Waals surface area (Å²) in [5, 5.41) is 11.0. The second kappa shape index (κ2) is 9.13. The lowest BCUT2D eigenvalue weighted by Crippen LogP contribution is -2.44. The van der Waals surface area contributed by atoms with E-state index < -0.39 is 0 Å². The lowest BCUT2D eigenvalue weighted by atomic mass is 10.1. The molecule has 1 aliphatic heterocycles. The predicted molar refractivity (Wildman–Crippen MR) is 135 cm³/mol. The molecule has 170 valence electrons. The van der Waals surface area contributed by atoms with E-state index in [1.807, 2.05) is 47.3 Å². The van der Waals surface area contributed by atoms with Crippen LogP contribution in [0.15, 0.2) is 48.0 Å². The van der Waals surface area contributed by atoms with Gasteiger partial charge in [-0.15, -0.1) is 11.3 Å². The molecule has 5 rings (SSSR count). The van der Waals surface area contributed by atoms with Crippen LogP contribution in [-0.2, 0) is 6.54 Å². The normalized spacial score (nSPS) is 14.7. The Hall–Kier alpha value is -2.94. The first-order chi connectivity index (χ1) is 16.0. The number of carbonyl (C=O) groups excluding carboxylic acids is 1. The van der Waals surface area contributed by atoms with Gasteiger partial charge in [0.05, 0.1) is 35.1 Å². The molecule has 7 nitrogen and oxygen atoms in total. The van der Waals surface area contributed by atoms with Gasteiger partial charge in [-0.3, -0.25) is 4.79 Å². The van der Waals surface area contributed by atoms with E-state index in [0.717, 1.165) is 42.9 Å². The molecule has 0 radical (unpaired) electrons. The summed E-state index contributed by atoms with van der Waals surface area (Å²) >= 11 is 7.97. The Kier molecular flexibility index (Phi) is 6.05. The zero-order chi connectivity index (χ0) is 22.9. The van der Waals surface area contributed by atoms with Gasteiger partial charge in [0.25, 0.3) is 5.91 Å². The number of amides is 1. The van der Waals surface area contributed by atoms with Crippen LogP contribution in [0.3, 0.4) is 0 Å². The fourth-order valence-electron chi connectivity index (χ4n) is 4.15. The van der Waals surface area contributed by atoms with Crippen molar-refractivity contribution >= 4 is 51.3 Å². The van der Waals surface area contributed by atoms with Crippen LogP contribution in [0.1, 0.15) is 20.9 Å². The topological polar surface area (TPSA) is 66.3 Å². The number of likely N-dealkylation sites (N-methyl/N-ethyl adjacent to an activating group) is 1. The Balaban J connectivity index is 1.46. The molecule has 0 unspecified atom stereocenters. The second-order valence-corrected chi connectivity index (χ2v) is 9.80. The molecule has 0 bridgehead atoms. The third-order valence-electron chi connectivity index (χ3n) is 5.92. The summed E-state index contributed by atoms with van der Waals surface area (Å²) in [5.41, 5.74) is 3.73. The molecule has 0 atom stereocenters. The Morgan fingerprint density at radius 2 is 2.00 bits per heavy atom. The number of nitrogens with one attached hydrogen (secondary N) is 1. The van der Waals surface area contributed by atoms with Crippen LogP contribution < -0.4 is 10.2 Å². The highest BCUT2D eigenvalue weighted by atomic mass is 35.5. The van der Waals surface area contributed by atoms with Crippen molar-refractivity contribution in [2.24, 2.45) is 0 Å². The smallest absolute Gasteiger partial charge is 0.256 e. The predicted octanol–water partition coefficient (Wildman–Crippen LogP) is 4.51. The highest BCUT2D eigenvalue weighted by molar-refractivity contribution is 7.09. The van der Waals surface area contributed by atoms with Gasteiger partial charge >= 0.3 is 0 Å². The largest absolute Gasteiger partial charge is 0.367 e. The number of fused-ring (bicyclic) bond motifs is 1. The van der Waals surface area contributed by atoms with E-state index >= 15 is 0 Å². The van der Waals surface area contributed by atoms with Crippen molar-refractivity contribution in [2.45, 2.75) is 13.5 Å². The minimum atomic E-state index is -0.196. The highest BCUT2D eigenvalue weighted by Gasteiger charge is 2.21. The van der Waals surface area contributed by atoms with Gasteiger partial charge < -0.3 is 15.1 Å². The number of aromatic nitrogens is 3. The molecular weight excluding hydrogens is 456 g/mol.